The van der Waals surface area contributed by atoms with Crippen molar-refractivity contribution in [2.45, 2.75) is 5.75 Å². The highest BCUT2D eigenvalue weighted by atomic mass is 32.2. The molecule has 0 unspecified atom stereocenters. The fourth-order valence-corrected chi connectivity index (χ4v) is 4.17. The summed E-state index contributed by atoms with van der Waals surface area (Å²) in [6.07, 6.45) is 1.20. The third-order valence-corrected chi connectivity index (χ3v) is 4.95. The molecule has 0 saturated carbocycles. The predicted octanol–water partition coefficient (Wildman–Crippen LogP) is 1.72. The fraction of sp³-hybridized carbons (Fsp3) is 0.444. The van der Waals surface area contributed by atoms with Crippen molar-refractivity contribution in [2.75, 3.05) is 17.8 Å². The Hall–Kier alpha value is -0.530. The van der Waals surface area contributed by atoms with Crippen LogP contribution in [-0.2, 0) is 15.6 Å². The third kappa shape index (κ3) is 4.54. The number of carbonyl (C=O) groups is 1. The Labute approximate surface area is 103 Å². The summed E-state index contributed by atoms with van der Waals surface area (Å²) >= 11 is 2.62. The van der Waals surface area contributed by atoms with Crippen molar-refractivity contribution in [1.82, 2.24) is 0 Å². The van der Waals surface area contributed by atoms with Crippen molar-refractivity contribution >= 4 is 38.9 Å². The topological polar surface area (TPSA) is 71.4 Å². The average Bonchev–Trinajstić information content (AvgIpc) is 2.58. The minimum atomic E-state index is -2.93. The minimum Gasteiger partial charge on any atom is -0.477 e. The normalized spacial score (nSPS) is 11.6. The minimum absolute atomic E-state index is 0.129. The lowest BCUT2D eigenvalue weighted by Crippen LogP contribution is -2.05. The Balaban J connectivity index is 2.43. The maximum atomic E-state index is 10.9. The third-order valence-electron chi connectivity index (χ3n) is 1.80. The zero-order valence-electron chi connectivity index (χ0n) is 8.67. The maximum absolute atomic E-state index is 10.9. The molecule has 0 aliphatic heterocycles. The highest BCUT2D eigenvalue weighted by molar-refractivity contribution is 7.99. The molecule has 1 N–H and O–H groups in total. The Morgan fingerprint density at radius 2 is 2.25 bits per heavy atom. The SMILES string of the molecule is CS(=O)(=O)CCSCc1ccsc1C(=O)O. The molecule has 0 aliphatic carbocycles. The summed E-state index contributed by atoms with van der Waals surface area (Å²) in [5.74, 6) is 0.243. The van der Waals surface area contributed by atoms with Gasteiger partial charge in [0.1, 0.15) is 14.7 Å². The molecular formula is C9H12O4S3. The molecule has 1 heterocycles. The Bertz CT molecular complexity index is 461. The number of carboxylic acid groups (broad SMARTS) is 1. The first-order valence-electron chi connectivity index (χ1n) is 4.45. The van der Waals surface area contributed by atoms with Gasteiger partial charge in [-0.2, -0.15) is 11.8 Å². The van der Waals surface area contributed by atoms with Gasteiger partial charge < -0.3 is 5.11 Å². The molecule has 0 fully saturated rings. The summed E-state index contributed by atoms with van der Waals surface area (Å²) in [6.45, 7) is 0. The summed E-state index contributed by atoms with van der Waals surface area (Å²) in [6, 6.07) is 1.77. The van der Waals surface area contributed by atoms with Gasteiger partial charge in [-0.1, -0.05) is 0 Å². The standard InChI is InChI=1S/C9H12O4S3/c1-16(12,13)5-4-14-6-7-2-3-15-8(7)9(10)11/h2-3H,4-6H2,1H3,(H,10,11). The van der Waals surface area contributed by atoms with Crippen molar-refractivity contribution in [3.8, 4) is 0 Å². The zero-order valence-corrected chi connectivity index (χ0v) is 11.1. The second kappa shape index (κ2) is 5.70. The molecule has 4 nitrogen and oxygen atoms in total. The Morgan fingerprint density at radius 1 is 1.56 bits per heavy atom. The van der Waals surface area contributed by atoms with Crippen LogP contribution in [0.3, 0.4) is 0 Å². The number of rotatable bonds is 6. The van der Waals surface area contributed by atoms with Crippen LogP contribution >= 0.6 is 23.1 Å². The van der Waals surface area contributed by atoms with E-state index in [1.165, 1.54) is 29.4 Å². The second-order valence-corrected chi connectivity index (χ2v) is 7.54. The van der Waals surface area contributed by atoms with Crippen LogP contribution < -0.4 is 0 Å². The molecule has 0 aliphatic rings. The number of carboxylic acids is 1. The first-order valence-corrected chi connectivity index (χ1v) is 8.55. The lowest BCUT2D eigenvalue weighted by atomic mass is 10.3. The first kappa shape index (κ1) is 13.5. The lowest BCUT2D eigenvalue weighted by molar-refractivity contribution is 0.0701. The van der Waals surface area contributed by atoms with Crippen molar-refractivity contribution in [3.63, 3.8) is 0 Å². The number of sulfone groups is 1. The molecule has 0 aromatic carbocycles. The monoisotopic (exact) mass is 280 g/mol. The summed E-state index contributed by atoms with van der Waals surface area (Å²) in [7, 11) is -2.93. The molecule has 0 radical (unpaired) electrons. The van der Waals surface area contributed by atoms with E-state index in [-0.39, 0.29) is 5.75 Å². The Kier molecular flexibility index (Phi) is 4.82. The molecule has 0 spiro atoms. The van der Waals surface area contributed by atoms with E-state index in [2.05, 4.69) is 0 Å². The molecule has 1 aromatic rings. The highest BCUT2D eigenvalue weighted by Crippen LogP contribution is 2.21. The van der Waals surface area contributed by atoms with Crippen LogP contribution in [0, 0.1) is 0 Å². The zero-order chi connectivity index (χ0) is 12.2. The lowest BCUT2D eigenvalue weighted by Gasteiger charge is -2.00. The van der Waals surface area contributed by atoms with Gasteiger partial charge in [0.25, 0.3) is 0 Å². The summed E-state index contributed by atoms with van der Waals surface area (Å²) in [5.41, 5.74) is 0.760. The fourth-order valence-electron chi connectivity index (χ4n) is 1.03. The predicted molar refractivity (Wildman–Crippen MR) is 67.2 cm³/mol. The summed E-state index contributed by atoms with van der Waals surface area (Å²) in [5, 5.41) is 10.6. The Morgan fingerprint density at radius 3 is 2.81 bits per heavy atom. The molecule has 1 aromatic heterocycles. The van der Waals surface area contributed by atoms with Crippen molar-refractivity contribution in [1.29, 1.82) is 0 Å². The van der Waals surface area contributed by atoms with E-state index in [4.69, 9.17) is 5.11 Å². The van der Waals surface area contributed by atoms with E-state index in [0.717, 1.165) is 5.56 Å². The molecule has 0 saturated heterocycles. The molecule has 0 atom stereocenters. The van der Waals surface area contributed by atoms with E-state index in [0.29, 0.717) is 16.4 Å². The summed E-state index contributed by atoms with van der Waals surface area (Å²) in [4.78, 5) is 11.1. The van der Waals surface area contributed by atoms with Gasteiger partial charge in [-0.3, -0.25) is 0 Å². The molecule has 0 amide bonds. The van der Waals surface area contributed by atoms with E-state index in [1.807, 2.05) is 0 Å². The van der Waals surface area contributed by atoms with Gasteiger partial charge in [-0.25, -0.2) is 13.2 Å². The van der Waals surface area contributed by atoms with Crippen molar-refractivity contribution in [2.24, 2.45) is 0 Å². The number of hydrogen-bond donors (Lipinski definition) is 1. The number of hydrogen-bond acceptors (Lipinski definition) is 5. The highest BCUT2D eigenvalue weighted by Gasteiger charge is 2.11. The average molecular weight is 280 g/mol. The van der Waals surface area contributed by atoms with Crippen LogP contribution in [0.15, 0.2) is 11.4 Å². The van der Waals surface area contributed by atoms with Gasteiger partial charge in [0, 0.05) is 17.8 Å². The van der Waals surface area contributed by atoms with Crippen molar-refractivity contribution < 1.29 is 18.3 Å². The van der Waals surface area contributed by atoms with Crippen LogP contribution in [0.2, 0.25) is 0 Å². The first-order chi connectivity index (χ1) is 7.40. The van der Waals surface area contributed by atoms with Gasteiger partial charge in [-0.15, -0.1) is 11.3 Å². The van der Waals surface area contributed by atoms with Gasteiger partial charge >= 0.3 is 5.97 Å². The number of thioether (sulfide) groups is 1. The number of aromatic carboxylic acids is 1. The molecule has 16 heavy (non-hydrogen) atoms. The van der Waals surface area contributed by atoms with Crippen LogP contribution in [0.1, 0.15) is 15.2 Å². The molecule has 1 rings (SSSR count). The number of thiophene rings is 1. The maximum Gasteiger partial charge on any atom is 0.346 e. The van der Waals surface area contributed by atoms with Gasteiger partial charge in [0.2, 0.25) is 0 Å². The van der Waals surface area contributed by atoms with Crippen LogP contribution in [-0.4, -0.2) is 37.3 Å². The van der Waals surface area contributed by atoms with E-state index < -0.39 is 15.8 Å². The van der Waals surface area contributed by atoms with Crippen LogP contribution in [0.25, 0.3) is 0 Å². The second-order valence-electron chi connectivity index (χ2n) is 3.26. The molecule has 7 heteroatoms. The largest absolute Gasteiger partial charge is 0.477 e. The van der Waals surface area contributed by atoms with Gasteiger partial charge in [0.15, 0.2) is 0 Å². The van der Waals surface area contributed by atoms with Gasteiger partial charge in [0.05, 0.1) is 5.75 Å². The molecular weight excluding hydrogens is 268 g/mol. The van der Waals surface area contributed by atoms with Gasteiger partial charge in [-0.05, 0) is 17.0 Å². The molecule has 90 valence electrons. The summed E-state index contributed by atoms with van der Waals surface area (Å²) < 4.78 is 21.7. The van der Waals surface area contributed by atoms with Crippen molar-refractivity contribution in [3.05, 3.63) is 21.9 Å². The van der Waals surface area contributed by atoms with E-state index >= 15 is 0 Å². The quantitative estimate of drug-likeness (QED) is 0.803. The smallest absolute Gasteiger partial charge is 0.346 e. The van der Waals surface area contributed by atoms with Crippen LogP contribution in [0.5, 0.6) is 0 Å². The van der Waals surface area contributed by atoms with Crippen LogP contribution in [0.4, 0.5) is 0 Å². The molecule has 0 bridgehead atoms. The van der Waals surface area contributed by atoms with E-state index in [1.54, 1.807) is 11.4 Å². The van der Waals surface area contributed by atoms with E-state index in [9.17, 15) is 13.2 Å².